The first kappa shape index (κ1) is 11.2. The molecule has 0 bridgehead atoms. The van der Waals surface area contributed by atoms with Gasteiger partial charge < -0.3 is 14.4 Å². The molecule has 2 rings (SSSR count). The first-order chi connectivity index (χ1) is 7.54. The van der Waals surface area contributed by atoms with Gasteiger partial charge in [-0.3, -0.25) is 0 Å². The van der Waals surface area contributed by atoms with E-state index in [9.17, 15) is 9.90 Å². The Morgan fingerprint density at radius 2 is 2.12 bits per heavy atom. The van der Waals surface area contributed by atoms with E-state index in [1.165, 1.54) is 0 Å². The Morgan fingerprint density at radius 1 is 1.50 bits per heavy atom. The fourth-order valence-electron chi connectivity index (χ4n) is 2.57. The molecule has 1 aromatic rings. The average molecular weight is 223 g/mol. The van der Waals surface area contributed by atoms with Crippen molar-refractivity contribution in [1.29, 1.82) is 0 Å². The molecule has 1 aliphatic rings. The molecular formula is C12H17NO3. The van der Waals surface area contributed by atoms with Crippen LogP contribution < -0.4 is 0 Å². The van der Waals surface area contributed by atoms with Gasteiger partial charge in [-0.25, -0.2) is 4.79 Å². The number of ether oxygens (including phenoxy) is 1. The third-order valence-electron chi connectivity index (χ3n) is 3.61. The second kappa shape index (κ2) is 3.63. The highest BCUT2D eigenvalue weighted by Gasteiger charge is 2.56. The van der Waals surface area contributed by atoms with Gasteiger partial charge in [-0.1, -0.05) is 6.92 Å². The van der Waals surface area contributed by atoms with Gasteiger partial charge in [0.05, 0.1) is 12.2 Å². The molecule has 1 N–H and O–H groups in total. The van der Waals surface area contributed by atoms with E-state index in [-0.39, 0.29) is 12.6 Å². The first-order valence-electron chi connectivity index (χ1n) is 5.57. The molecule has 2 atom stereocenters. The molecule has 2 heterocycles. The molecule has 16 heavy (non-hydrogen) atoms. The molecule has 1 saturated heterocycles. The topological polar surface area (TPSA) is 51.5 Å². The number of hydrogen-bond acceptors (Lipinski definition) is 3. The Labute approximate surface area is 94.8 Å². The molecular weight excluding hydrogens is 206 g/mol. The lowest BCUT2D eigenvalue weighted by Gasteiger charge is -2.46. The van der Waals surface area contributed by atoms with Crippen LogP contribution in [0.2, 0.25) is 0 Å². The molecule has 4 nitrogen and oxygen atoms in total. The van der Waals surface area contributed by atoms with E-state index >= 15 is 0 Å². The van der Waals surface area contributed by atoms with Crippen LogP contribution in [-0.2, 0) is 15.1 Å². The van der Waals surface area contributed by atoms with Crippen molar-refractivity contribution in [2.75, 3.05) is 6.61 Å². The molecule has 0 spiro atoms. The zero-order valence-corrected chi connectivity index (χ0v) is 9.64. The quantitative estimate of drug-likeness (QED) is 0.769. The maximum atomic E-state index is 12.1. The van der Waals surface area contributed by atoms with Crippen LogP contribution in [0.15, 0.2) is 24.5 Å². The number of nitrogens with zero attached hydrogens (tertiary/aromatic N) is 1. The largest absolute Gasteiger partial charge is 0.464 e. The molecule has 88 valence electrons. The maximum absolute atomic E-state index is 12.1. The zero-order chi connectivity index (χ0) is 11.8. The van der Waals surface area contributed by atoms with Crippen LogP contribution in [0, 0.1) is 0 Å². The summed E-state index contributed by atoms with van der Waals surface area (Å²) in [7, 11) is 0. The first-order valence-corrected chi connectivity index (χ1v) is 5.57. The van der Waals surface area contributed by atoms with Crippen LogP contribution in [-0.4, -0.2) is 27.9 Å². The predicted molar refractivity (Wildman–Crippen MR) is 58.9 cm³/mol. The second-order valence-corrected chi connectivity index (χ2v) is 4.46. The molecule has 1 aliphatic heterocycles. The Hall–Kier alpha value is -1.29. The van der Waals surface area contributed by atoms with Crippen molar-refractivity contribution in [2.45, 2.75) is 37.8 Å². The average Bonchev–Trinajstić information content (AvgIpc) is 2.71. The molecule has 0 aromatic carbocycles. The van der Waals surface area contributed by atoms with E-state index in [1.807, 2.05) is 19.1 Å². The Kier molecular flexibility index (Phi) is 2.54. The summed E-state index contributed by atoms with van der Waals surface area (Å²) >= 11 is 0. The molecule has 1 fully saturated rings. The van der Waals surface area contributed by atoms with E-state index in [4.69, 9.17) is 4.74 Å². The van der Waals surface area contributed by atoms with Gasteiger partial charge in [0.2, 0.25) is 0 Å². The minimum atomic E-state index is -1.07. The van der Waals surface area contributed by atoms with Gasteiger partial charge >= 0.3 is 5.97 Å². The van der Waals surface area contributed by atoms with Crippen molar-refractivity contribution >= 4 is 5.97 Å². The minimum Gasteiger partial charge on any atom is -0.464 e. The van der Waals surface area contributed by atoms with Crippen LogP contribution in [0.3, 0.4) is 0 Å². The van der Waals surface area contributed by atoms with E-state index in [0.29, 0.717) is 12.8 Å². The Morgan fingerprint density at radius 3 is 2.62 bits per heavy atom. The van der Waals surface area contributed by atoms with Crippen LogP contribution in [0.25, 0.3) is 0 Å². The second-order valence-electron chi connectivity index (χ2n) is 4.46. The number of aliphatic hydroxyl groups is 1. The van der Waals surface area contributed by atoms with Gasteiger partial charge in [-0.05, 0) is 25.5 Å². The molecule has 0 aliphatic carbocycles. The lowest BCUT2D eigenvalue weighted by atomic mass is 9.75. The van der Waals surface area contributed by atoms with Gasteiger partial charge in [0.25, 0.3) is 0 Å². The normalized spacial score (nSPS) is 34.8. The summed E-state index contributed by atoms with van der Waals surface area (Å²) < 4.78 is 6.88. The lowest BCUT2D eigenvalue weighted by molar-refractivity contribution is -0.188. The van der Waals surface area contributed by atoms with Crippen molar-refractivity contribution in [1.82, 2.24) is 4.57 Å². The van der Waals surface area contributed by atoms with Crippen molar-refractivity contribution in [3.05, 3.63) is 24.5 Å². The third kappa shape index (κ3) is 1.29. The van der Waals surface area contributed by atoms with Crippen LogP contribution in [0.4, 0.5) is 0 Å². The fourth-order valence-corrected chi connectivity index (χ4v) is 2.57. The summed E-state index contributed by atoms with van der Waals surface area (Å²) in [5.74, 6) is -0.345. The molecule has 0 radical (unpaired) electrons. The molecule has 4 heteroatoms. The van der Waals surface area contributed by atoms with Crippen LogP contribution in [0.1, 0.15) is 26.7 Å². The van der Waals surface area contributed by atoms with Crippen molar-refractivity contribution in [3.8, 4) is 0 Å². The van der Waals surface area contributed by atoms with Gasteiger partial charge in [-0.2, -0.15) is 0 Å². The van der Waals surface area contributed by atoms with Crippen molar-refractivity contribution < 1.29 is 14.6 Å². The number of carbonyl (C=O) groups excluding carboxylic acids is 1. The fraction of sp³-hybridized carbons (Fsp3) is 0.583. The Balaban J connectivity index is 2.55. The van der Waals surface area contributed by atoms with E-state index in [2.05, 4.69) is 0 Å². The van der Waals surface area contributed by atoms with Crippen molar-refractivity contribution in [2.24, 2.45) is 0 Å². The van der Waals surface area contributed by atoms with Gasteiger partial charge in [0, 0.05) is 18.8 Å². The van der Waals surface area contributed by atoms with Crippen LogP contribution in [0.5, 0.6) is 0 Å². The molecule has 2 unspecified atom stereocenters. The third-order valence-corrected chi connectivity index (χ3v) is 3.61. The number of aromatic nitrogens is 1. The highest BCUT2D eigenvalue weighted by atomic mass is 16.5. The summed E-state index contributed by atoms with van der Waals surface area (Å²) in [5.41, 5.74) is -2.06. The van der Waals surface area contributed by atoms with Gasteiger partial charge in [0.1, 0.15) is 0 Å². The zero-order valence-electron chi connectivity index (χ0n) is 9.64. The van der Waals surface area contributed by atoms with Gasteiger partial charge in [-0.15, -0.1) is 0 Å². The SMILES string of the molecule is CCC1(n2cccc2)C(=O)OCCC1(C)O. The number of cyclic esters (lactones) is 1. The summed E-state index contributed by atoms with van der Waals surface area (Å²) in [6.45, 7) is 3.88. The predicted octanol–water partition coefficient (Wildman–Crippen LogP) is 1.29. The summed E-state index contributed by atoms with van der Waals surface area (Å²) in [6, 6.07) is 3.69. The molecule has 0 saturated carbocycles. The monoisotopic (exact) mass is 223 g/mol. The number of hydrogen-bond donors (Lipinski definition) is 1. The summed E-state index contributed by atoms with van der Waals surface area (Å²) in [4.78, 5) is 12.1. The van der Waals surface area contributed by atoms with Crippen LogP contribution >= 0.6 is 0 Å². The standard InChI is InChI=1S/C12H17NO3/c1-3-12(13-7-4-5-8-13)10(14)16-9-6-11(12,2)15/h4-5,7-8,15H,3,6,9H2,1-2H3. The van der Waals surface area contributed by atoms with Gasteiger partial charge in [0.15, 0.2) is 5.54 Å². The minimum absolute atomic E-state index is 0.287. The van der Waals surface area contributed by atoms with E-state index < -0.39 is 11.1 Å². The molecule has 1 aromatic heterocycles. The van der Waals surface area contributed by atoms with E-state index in [1.54, 1.807) is 23.9 Å². The molecule has 0 amide bonds. The maximum Gasteiger partial charge on any atom is 0.335 e. The van der Waals surface area contributed by atoms with E-state index in [0.717, 1.165) is 0 Å². The Bertz CT molecular complexity index is 383. The lowest BCUT2D eigenvalue weighted by Crippen LogP contribution is -2.62. The smallest absolute Gasteiger partial charge is 0.335 e. The highest BCUT2D eigenvalue weighted by molar-refractivity contribution is 5.81. The number of esters is 1. The highest BCUT2D eigenvalue weighted by Crippen LogP contribution is 2.40. The summed E-state index contributed by atoms with van der Waals surface area (Å²) in [6.07, 6.45) is 4.56. The summed E-state index contributed by atoms with van der Waals surface area (Å²) in [5, 5.41) is 10.5. The number of rotatable bonds is 2. The van der Waals surface area contributed by atoms with Crippen molar-refractivity contribution in [3.63, 3.8) is 0 Å². The number of carbonyl (C=O) groups is 1.